The molecule has 0 saturated heterocycles. The SMILES string of the molecule is CCSC[C@@]12CC(OC)C[C@H]1[C@@H]1CCC3=CC(=O)C=C[C@]3(C)[C@@]1(F)C(O)C2. The lowest BCUT2D eigenvalue weighted by Crippen LogP contribution is -2.66. The Morgan fingerprint density at radius 1 is 1.37 bits per heavy atom. The second kappa shape index (κ2) is 6.70. The van der Waals surface area contributed by atoms with E-state index in [-0.39, 0.29) is 29.1 Å². The monoisotopic (exact) mass is 394 g/mol. The van der Waals surface area contributed by atoms with Crippen molar-refractivity contribution in [1.82, 2.24) is 0 Å². The quantitative estimate of drug-likeness (QED) is 0.780. The summed E-state index contributed by atoms with van der Waals surface area (Å²) >= 11 is 1.90. The first-order valence-corrected chi connectivity index (χ1v) is 11.4. The summed E-state index contributed by atoms with van der Waals surface area (Å²) in [5.41, 5.74) is -1.81. The second-order valence-corrected chi connectivity index (χ2v) is 10.4. The average molecular weight is 395 g/mol. The molecule has 0 aromatic carbocycles. The van der Waals surface area contributed by atoms with Gasteiger partial charge in [0.15, 0.2) is 11.5 Å². The fraction of sp³-hybridized carbons (Fsp3) is 0.773. The minimum atomic E-state index is -1.72. The molecule has 4 aliphatic rings. The molecule has 3 nitrogen and oxygen atoms in total. The highest BCUT2D eigenvalue weighted by atomic mass is 32.2. The average Bonchev–Trinajstić information content (AvgIpc) is 3.01. The molecular weight excluding hydrogens is 363 g/mol. The maximum atomic E-state index is 16.9. The smallest absolute Gasteiger partial charge is 0.178 e. The molecule has 3 fully saturated rings. The van der Waals surface area contributed by atoms with Crippen molar-refractivity contribution in [3.63, 3.8) is 0 Å². The van der Waals surface area contributed by atoms with Crippen molar-refractivity contribution in [3.8, 4) is 0 Å². The Hall–Kier alpha value is -0.650. The van der Waals surface area contributed by atoms with Crippen LogP contribution >= 0.6 is 11.8 Å². The predicted molar refractivity (Wildman–Crippen MR) is 106 cm³/mol. The third-order valence-corrected chi connectivity index (χ3v) is 9.25. The molecule has 3 saturated carbocycles. The van der Waals surface area contributed by atoms with Gasteiger partial charge in [0.05, 0.1) is 12.2 Å². The van der Waals surface area contributed by atoms with Crippen LogP contribution in [-0.4, -0.2) is 47.4 Å². The summed E-state index contributed by atoms with van der Waals surface area (Å²) in [6, 6.07) is 0. The molecule has 0 radical (unpaired) electrons. The van der Waals surface area contributed by atoms with Crippen LogP contribution in [0, 0.1) is 22.7 Å². The summed E-state index contributed by atoms with van der Waals surface area (Å²) in [4.78, 5) is 11.9. The van der Waals surface area contributed by atoms with E-state index in [4.69, 9.17) is 4.74 Å². The molecule has 0 heterocycles. The number of rotatable bonds is 4. The Morgan fingerprint density at radius 2 is 2.15 bits per heavy atom. The van der Waals surface area contributed by atoms with E-state index in [1.54, 1.807) is 19.3 Å². The number of ketones is 1. The van der Waals surface area contributed by atoms with Crippen LogP contribution in [0.3, 0.4) is 0 Å². The molecule has 150 valence electrons. The van der Waals surface area contributed by atoms with E-state index in [0.29, 0.717) is 12.8 Å². The van der Waals surface area contributed by atoms with Gasteiger partial charge in [0, 0.05) is 18.4 Å². The molecule has 0 amide bonds. The van der Waals surface area contributed by atoms with Gasteiger partial charge in [-0.1, -0.05) is 18.6 Å². The molecule has 0 aliphatic heterocycles. The summed E-state index contributed by atoms with van der Waals surface area (Å²) in [6.07, 6.45) is 7.68. The largest absolute Gasteiger partial charge is 0.390 e. The van der Waals surface area contributed by atoms with Crippen molar-refractivity contribution in [3.05, 3.63) is 23.8 Å². The fourth-order valence-corrected chi connectivity index (χ4v) is 7.78. The number of fused-ring (bicyclic) bond motifs is 5. The molecule has 27 heavy (non-hydrogen) atoms. The molecule has 4 aliphatic carbocycles. The Labute approximate surface area is 165 Å². The zero-order valence-electron chi connectivity index (χ0n) is 16.5. The first-order chi connectivity index (χ1) is 12.8. The van der Waals surface area contributed by atoms with Crippen LogP contribution in [0.25, 0.3) is 0 Å². The van der Waals surface area contributed by atoms with E-state index in [2.05, 4.69) is 6.92 Å². The number of alkyl halides is 1. The van der Waals surface area contributed by atoms with Gasteiger partial charge in [-0.15, -0.1) is 0 Å². The highest BCUT2D eigenvalue weighted by Gasteiger charge is 2.70. The standard InChI is InChI=1S/C22H31FO3S/c1-4-27-13-21-11-16(26-3)10-18(21)17-6-5-14-9-15(24)7-8-20(14,2)22(17,23)19(25)12-21/h7-9,16-19,25H,4-6,10-13H2,1-3H3/t16?,17-,18-,19?,20-,21-,22-/m0/s1. The number of ether oxygens (including phenoxy) is 1. The molecule has 0 aromatic rings. The highest BCUT2D eigenvalue weighted by molar-refractivity contribution is 7.99. The van der Waals surface area contributed by atoms with Crippen molar-refractivity contribution in [2.24, 2.45) is 22.7 Å². The van der Waals surface area contributed by atoms with Gasteiger partial charge in [-0.05, 0) is 74.0 Å². The zero-order valence-corrected chi connectivity index (χ0v) is 17.4. The molecule has 7 atom stereocenters. The van der Waals surface area contributed by atoms with E-state index in [1.807, 2.05) is 18.7 Å². The van der Waals surface area contributed by atoms with Gasteiger partial charge in [0.2, 0.25) is 0 Å². The van der Waals surface area contributed by atoms with Crippen LogP contribution < -0.4 is 0 Å². The number of hydrogen-bond acceptors (Lipinski definition) is 4. The van der Waals surface area contributed by atoms with Gasteiger partial charge in [0.1, 0.15) is 0 Å². The lowest BCUT2D eigenvalue weighted by Gasteiger charge is -2.61. The van der Waals surface area contributed by atoms with E-state index in [9.17, 15) is 9.90 Å². The van der Waals surface area contributed by atoms with Gasteiger partial charge in [-0.3, -0.25) is 4.79 Å². The van der Waals surface area contributed by atoms with E-state index < -0.39 is 17.2 Å². The number of hydrogen-bond donors (Lipinski definition) is 1. The van der Waals surface area contributed by atoms with Crippen molar-refractivity contribution < 1.29 is 19.0 Å². The summed E-state index contributed by atoms with van der Waals surface area (Å²) in [5.74, 6) is 1.95. The van der Waals surface area contributed by atoms with E-state index in [0.717, 1.165) is 36.3 Å². The van der Waals surface area contributed by atoms with Crippen LogP contribution in [0.1, 0.15) is 46.0 Å². The lowest BCUT2D eigenvalue weighted by atomic mass is 9.46. The summed E-state index contributed by atoms with van der Waals surface area (Å²) in [6.45, 7) is 4.04. The Balaban J connectivity index is 1.76. The molecular formula is C22H31FO3S. The summed E-state index contributed by atoms with van der Waals surface area (Å²) in [7, 11) is 1.75. The number of thioether (sulfide) groups is 1. The highest BCUT2D eigenvalue weighted by Crippen LogP contribution is 2.68. The number of allylic oxidation sites excluding steroid dienone is 4. The molecule has 2 unspecified atom stereocenters. The number of aliphatic hydroxyl groups is 1. The van der Waals surface area contributed by atoms with Crippen LogP contribution in [0.15, 0.2) is 23.8 Å². The molecule has 4 rings (SSSR count). The summed E-state index contributed by atoms with van der Waals surface area (Å²) in [5, 5.41) is 11.2. The maximum Gasteiger partial charge on any atom is 0.178 e. The Bertz CT molecular complexity index is 691. The van der Waals surface area contributed by atoms with Crippen LogP contribution in [0.2, 0.25) is 0 Å². The van der Waals surface area contributed by atoms with Crippen LogP contribution in [-0.2, 0) is 9.53 Å². The van der Waals surface area contributed by atoms with Gasteiger partial charge in [-0.25, -0.2) is 4.39 Å². The van der Waals surface area contributed by atoms with Gasteiger partial charge < -0.3 is 9.84 Å². The van der Waals surface area contributed by atoms with Crippen molar-refractivity contribution in [1.29, 1.82) is 0 Å². The van der Waals surface area contributed by atoms with Gasteiger partial charge in [-0.2, -0.15) is 11.8 Å². The van der Waals surface area contributed by atoms with Crippen molar-refractivity contribution in [2.45, 2.75) is 63.8 Å². The summed E-state index contributed by atoms with van der Waals surface area (Å²) < 4.78 is 22.6. The lowest BCUT2D eigenvalue weighted by molar-refractivity contribution is -0.187. The van der Waals surface area contributed by atoms with Crippen LogP contribution in [0.5, 0.6) is 0 Å². The molecule has 0 bridgehead atoms. The van der Waals surface area contributed by atoms with E-state index >= 15 is 4.39 Å². The van der Waals surface area contributed by atoms with Crippen molar-refractivity contribution in [2.75, 3.05) is 18.6 Å². The zero-order chi connectivity index (χ0) is 19.4. The third-order valence-electron chi connectivity index (χ3n) is 8.06. The molecule has 0 aromatic heterocycles. The number of carbonyl (C=O) groups excluding carboxylic acids is 1. The first-order valence-electron chi connectivity index (χ1n) is 10.2. The molecule has 5 heteroatoms. The second-order valence-electron chi connectivity index (χ2n) is 9.14. The third kappa shape index (κ3) is 2.64. The van der Waals surface area contributed by atoms with Crippen molar-refractivity contribution >= 4 is 17.5 Å². The maximum absolute atomic E-state index is 16.9. The van der Waals surface area contributed by atoms with Crippen LogP contribution in [0.4, 0.5) is 4.39 Å². The normalized spacial score (nSPS) is 48.6. The molecule has 1 N–H and O–H groups in total. The number of carbonyl (C=O) groups is 1. The number of halogens is 1. The Kier molecular flexibility index (Phi) is 4.88. The predicted octanol–water partition coefficient (Wildman–Crippen LogP) is 4.11. The number of aliphatic hydroxyl groups excluding tert-OH is 1. The first kappa shape index (κ1) is 19.7. The van der Waals surface area contributed by atoms with Gasteiger partial charge >= 0.3 is 0 Å². The Morgan fingerprint density at radius 3 is 2.85 bits per heavy atom. The minimum Gasteiger partial charge on any atom is -0.390 e. The fourth-order valence-electron chi connectivity index (χ4n) is 6.72. The van der Waals surface area contributed by atoms with Gasteiger partial charge in [0.25, 0.3) is 0 Å². The molecule has 0 spiro atoms. The number of methoxy groups -OCH3 is 1. The minimum absolute atomic E-state index is 0.0488. The topological polar surface area (TPSA) is 46.5 Å². The van der Waals surface area contributed by atoms with E-state index in [1.165, 1.54) is 6.08 Å².